The van der Waals surface area contributed by atoms with E-state index in [-0.39, 0.29) is 23.0 Å². The highest BCUT2D eigenvalue weighted by molar-refractivity contribution is 7.99. The predicted molar refractivity (Wildman–Crippen MR) is 144 cm³/mol. The summed E-state index contributed by atoms with van der Waals surface area (Å²) in [6.07, 6.45) is 1.85. The zero-order valence-electron chi connectivity index (χ0n) is 20.5. The maximum absolute atomic E-state index is 13.7. The number of rotatable bonds is 7. The van der Waals surface area contributed by atoms with Gasteiger partial charge >= 0.3 is 0 Å². The second kappa shape index (κ2) is 10.3. The molecular weight excluding hydrogens is 481 g/mol. The maximum Gasteiger partial charge on any atom is 0.267 e. The molecule has 0 fully saturated rings. The average Bonchev–Trinajstić information content (AvgIpc) is 3.11. The van der Waals surface area contributed by atoms with Crippen LogP contribution in [0, 0.1) is 33.5 Å². The summed E-state index contributed by atoms with van der Waals surface area (Å²) in [5, 5.41) is 4.00. The molecule has 35 heavy (non-hydrogen) atoms. The number of carbonyl (C=O) groups excluding carboxylic acids is 1. The van der Waals surface area contributed by atoms with Crippen LogP contribution in [0.4, 0.5) is 10.1 Å². The van der Waals surface area contributed by atoms with Gasteiger partial charge in [-0.3, -0.25) is 14.2 Å². The van der Waals surface area contributed by atoms with Gasteiger partial charge in [0.1, 0.15) is 10.6 Å². The number of nitrogens with one attached hydrogen (secondary N) is 1. The van der Waals surface area contributed by atoms with Gasteiger partial charge in [-0.2, -0.15) is 0 Å². The number of thioether (sulfide) groups is 1. The molecule has 1 amide bonds. The molecular formula is C27H28FN3O2S2. The number of nitrogens with zero attached hydrogens (tertiary/aromatic N) is 2. The molecule has 0 spiro atoms. The summed E-state index contributed by atoms with van der Waals surface area (Å²) in [5.41, 5.74) is 5.20. The predicted octanol–water partition coefficient (Wildman–Crippen LogP) is 6.50. The SMILES string of the molecule is CCCc1sc2nc(SCC(=O)Nc3c(C)cc(C)cc3C)n(-c3ccc(F)cc3)c(=O)c2c1C. The third-order valence-electron chi connectivity index (χ3n) is 5.87. The van der Waals surface area contributed by atoms with Gasteiger partial charge in [0.25, 0.3) is 5.56 Å². The van der Waals surface area contributed by atoms with Gasteiger partial charge < -0.3 is 5.32 Å². The number of carbonyl (C=O) groups is 1. The van der Waals surface area contributed by atoms with E-state index in [0.29, 0.717) is 21.1 Å². The molecule has 0 aliphatic heterocycles. The number of anilines is 1. The molecule has 0 saturated heterocycles. The molecule has 8 heteroatoms. The Labute approximate surface area is 212 Å². The number of hydrogen-bond donors (Lipinski definition) is 1. The van der Waals surface area contributed by atoms with Crippen molar-refractivity contribution in [2.75, 3.05) is 11.1 Å². The molecule has 4 aromatic rings. The van der Waals surface area contributed by atoms with Crippen molar-refractivity contribution in [2.24, 2.45) is 0 Å². The van der Waals surface area contributed by atoms with E-state index in [0.717, 1.165) is 45.7 Å². The van der Waals surface area contributed by atoms with Crippen molar-refractivity contribution in [1.29, 1.82) is 0 Å². The van der Waals surface area contributed by atoms with Crippen LogP contribution in [-0.4, -0.2) is 21.2 Å². The Kier molecular flexibility index (Phi) is 7.42. The van der Waals surface area contributed by atoms with Crippen molar-refractivity contribution in [3.63, 3.8) is 0 Å². The molecule has 4 rings (SSSR count). The number of thiophene rings is 1. The lowest BCUT2D eigenvalue weighted by Crippen LogP contribution is -2.23. The molecule has 0 atom stereocenters. The second-order valence-corrected chi connectivity index (χ2v) is 10.7. The topological polar surface area (TPSA) is 64.0 Å². The van der Waals surface area contributed by atoms with Crippen molar-refractivity contribution >= 4 is 44.9 Å². The van der Waals surface area contributed by atoms with E-state index in [1.54, 1.807) is 12.1 Å². The van der Waals surface area contributed by atoms with E-state index < -0.39 is 0 Å². The average molecular weight is 510 g/mol. The fourth-order valence-electron chi connectivity index (χ4n) is 4.27. The van der Waals surface area contributed by atoms with Crippen molar-refractivity contribution in [3.8, 4) is 5.69 Å². The highest BCUT2D eigenvalue weighted by Gasteiger charge is 2.20. The summed E-state index contributed by atoms with van der Waals surface area (Å²) in [4.78, 5) is 33.1. The van der Waals surface area contributed by atoms with E-state index >= 15 is 0 Å². The first-order chi connectivity index (χ1) is 16.7. The van der Waals surface area contributed by atoms with Crippen LogP contribution >= 0.6 is 23.1 Å². The lowest BCUT2D eigenvalue weighted by molar-refractivity contribution is -0.113. The Bertz CT molecular complexity index is 1450. The molecule has 182 valence electrons. The second-order valence-electron chi connectivity index (χ2n) is 8.70. The zero-order valence-corrected chi connectivity index (χ0v) is 22.1. The Morgan fingerprint density at radius 1 is 1.11 bits per heavy atom. The fourth-order valence-corrected chi connectivity index (χ4v) is 6.41. The lowest BCUT2D eigenvalue weighted by Gasteiger charge is -2.14. The highest BCUT2D eigenvalue weighted by Crippen LogP contribution is 2.31. The summed E-state index contributed by atoms with van der Waals surface area (Å²) >= 11 is 2.73. The summed E-state index contributed by atoms with van der Waals surface area (Å²) in [6.45, 7) is 10.0. The minimum atomic E-state index is -0.384. The number of aromatic nitrogens is 2. The number of fused-ring (bicyclic) bond motifs is 1. The van der Waals surface area contributed by atoms with Crippen molar-refractivity contribution in [2.45, 2.75) is 52.6 Å². The first kappa shape index (κ1) is 25.1. The fraction of sp³-hybridized carbons (Fsp3) is 0.296. The van der Waals surface area contributed by atoms with Gasteiger partial charge in [-0.15, -0.1) is 11.3 Å². The highest BCUT2D eigenvalue weighted by atomic mass is 32.2. The smallest absolute Gasteiger partial charge is 0.267 e. The van der Waals surface area contributed by atoms with Gasteiger partial charge in [-0.1, -0.05) is 42.8 Å². The van der Waals surface area contributed by atoms with E-state index in [1.807, 2.05) is 39.8 Å². The van der Waals surface area contributed by atoms with Gasteiger partial charge in [0.15, 0.2) is 5.16 Å². The molecule has 0 radical (unpaired) electrons. The lowest BCUT2D eigenvalue weighted by atomic mass is 10.1. The van der Waals surface area contributed by atoms with Crippen LogP contribution in [0.15, 0.2) is 46.3 Å². The number of aryl methyl sites for hydroxylation is 5. The third-order valence-corrected chi connectivity index (χ3v) is 8.05. The molecule has 2 heterocycles. The Hall–Kier alpha value is -2.97. The molecule has 0 aliphatic rings. The summed E-state index contributed by atoms with van der Waals surface area (Å²) in [6, 6.07) is 9.82. The molecule has 2 aromatic carbocycles. The number of halogens is 1. The van der Waals surface area contributed by atoms with E-state index in [4.69, 9.17) is 4.98 Å². The zero-order chi connectivity index (χ0) is 25.3. The molecule has 0 aliphatic carbocycles. The molecule has 0 unspecified atom stereocenters. The standard InChI is InChI=1S/C27H28FN3O2S2/c1-6-7-21-18(5)23-25(35-21)30-27(31(26(23)33)20-10-8-19(28)9-11-20)34-14-22(32)29-24-16(3)12-15(2)13-17(24)4/h8-13H,6-7,14H2,1-5H3,(H,29,32). The number of amides is 1. The molecule has 0 bridgehead atoms. The minimum Gasteiger partial charge on any atom is -0.325 e. The van der Waals surface area contributed by atoms with Crippen LogP contribution in [0.1, 0.15) is 40.5 Å². The van der Waals surface area contributed by atoms with Crippen LogP contribution in [0.3, 0.4) is 0 Å². The molecule has 2 aromatic heterocycles. The third kappa shape index (κ3) is 5.18. The summed E-state index contributed by atoms with van der Waals surface area (Å²) < 4.78 is 15.1. The number of hydrogen-bond acceptors (Lipinski definition) is 5. The van der Waals surface area contributed by atoms with Crippen LogP contribution in [0.5, 0.6) is 0 Å². The monoisotopic (exact) mass is 509 g/mol. The first-order valence-corrected chi connectivity index (χ1v) is 13.3. The Morgan fingerprint density at radius 2 is 1.77 bits per heavy atom. The Morgan fingerprint density at radius 3 is 2.40 bits per heavy atom. The maximum atomic E-state index is 13.7. The largest absolute Gasteiger partial charge is 0.325 e. The molecule has 1 N–H and O–H groups in total. The van der Waals surface area contributed by atoms with Crippen LogP contribution in [0.2, 0.25) is 0 Å². The number of benzene rings is 2. The van der Waals surface area contributed by atoms with Crippen LogP contribution < -0.4 is 10.9 Å². The van der Waals surface area contributed by atoms with Gasteiger partial charge in [0, 0.05) is 10.6 Å². The quantitative estimate of drug-likeness (QED) is 0.228. The molecule has 0 saturated carbocycles. The van der Waals surface area contributed by atoms with Crippen molar-refractivity contribution in [3.05, 3.63) is 79.7 Å². The molecule has 5 nitrogen and oxygen atoms in total. The minimum absolute atomic E-state index is 0.0814. The first-order valence-electron chi connectivity index (χ1n) is 11.5. The van der Waals surface area contributed by atoms with Gasteiger partial charge in [-0.25, -0.2) is 9.37 Å². The van der Waals surface area contributed by atoms with Gasteiger partial charge in [-0.05, 0) is 75.1 Å². The van der Waals surface area contributed by atoms with Crippen LogP contribution in [-0.2, 0) is 11.2 Å². The van der Waals surface area contributed by atoms with Crippen molar-refractivity contribution < 1.29 is 9.18 Å². The normalized spacial score (nSPS) is 11.3. The van der Waals surface area contributed by atoms with Crippen molar-refractivity contribution in [1.82, 2.24) is 9.55 Å². The van der Waals surface area contributed by atoms with Crippen LogP contribution in [0.25, 0.3) is 15.9 Å². The summed E-state index contributed by atoms with van der Waals surface area (Å²) in [5.74, 6) is -0.484. The summed E-state index contributed by atoms with van der Waals surface area (Å²) in [7, 11) is 0. The van der Waals surface area contributed by atoms with E-state index in [2.05, 4.69) is 12.2 Å². The van der Waals surface area contributed by atoms with Gasteiger partial charge in [0.05, 0.1) is 16.8 Å². The Balaban J connectivity index is 1.72. The van der Waals surface area contributed by atoms with E-state index in [1.165, 1.54) is 39.8 Å². The van der Waals surface area contributed by atoms with Gasteiger partial charge in [0.2, 0.25) is 5.91 Å². The van der Waals surface area contributed by atoms with E-state index in [9.17, 15) is 14.0 Å².